The van der Waals surface area contributed by atoms with Crippen LogP contribution in [0.25, 0.3) is 0 Å². The van der Waals surface area contributed by atoms with Gasteiger partial charge in [-0.25, -0.2) is 0 Å². The molecule has 120 valence electrons. The summed E-state index contributed by atoms with van der Waals surface area (Å²) in [6.45, 7) is -0.114. The van der Waals surface area contributed by atoms with Crippen molar-refractivity contribution in [1.82, 2.24) is 15.1 Å². The van der Waals surface area contributed by atoms with Crippen molar-refractivity contribution in [3.8, 4) is 6.07 Å². The predicted molar refractivity (Wildman–Crippen MR) is 78.2 cm³/mol. The van der Waals surface area contributed by atoms with E-state index < -0.39 is 5.91 Å². The summed E-state index contributed by atoms with van der Waals surface area (Å²) in [6, 6.07) is 7.83. The van der Waals surface area contributed by atoms with Crippen LogP contribution in [0.1, 0.15) is 34.7 Å². The second kappa shape index (κ2) is 6.29. The first-order chi connectivity index (χ1) is 11.6. The van der Waals surface area contributed by atoms with E-state index >= 15 is 0 Å². The Morgan fingerprint density at radius 2 is 1.88 bits per heavy atom. The zero-order valence-electron chi connectivity index (χ0n) is 12.4. The topological polar surface area (TPSA) is 129 Å². The Bertz CT molecular complexity index is 833. The number of likely N-dealkylation sites (tertiary alicyclic amines) is 1. The summed E-state index contributed by atoms with van der Waals surface area (Å²) in [7, 11) is 0. The molecular weight excluding hydrogens is 314 g/mol. The van der Waals surface area contributed by atoms with E-state index in [0.717, 1.165) is 4.90 Å². The van der Waals surface area contributed by atoms with Gasteiger partial charge >= 0.3 is 6.01 Å². The lowest BCUT2D eigenvalue weighted by Gasteiger charge is -2.09. The molecule has 2 aromatic rings. The molecule has 0 bridgehead atoms. The first-order valence-electron chi connectivity index (χ1n) is 7.04. The smallest absolute Gasteiger partial charge is 0.322 e. The molecule has 0 aliphatic carbocycles. The fourth-order valence-corrected chi connectivity index (χ4v) is 2.17. The molecule has 0 atom stereocenters. The number of carbonyl (C=O) groups is 3. The molecule has 1 fully saturated rings. The molecule has 1 aromatic carbocycles. The predicted octanol–water partition coefficient (Wildman–Crippen LogP) is 0.843. The Balaban J connectivity index is 1.65. The number of nitriles is 1. The quantitative estimate of drug-likeness (QED) is 0.824. The number of anilines is 1. The molecule has 3 rings (SSSR count). The molecular formula is C15H11N5O4. The zero-order valence-corrected chi connectivity index (χ0v) is 12.4. The van der Waals surface area contributed by atoms with Gasteiger partial charge in [0.05, 0.1) is 11.6 Å². The molecule has 24 heavy (non-hydrogen) atoms. The van der Waals surface area contributed by atoms with Gasteiger partial charge in [0.1, 0.15) is 6.54 Å². The van der Waals surface area contributed by atoms with E-state index in [-0.39, 0.29) is 43.1 Å². The van der Waals surface area contributed by atoms with E-state index in [0.29, 0.717) is 11.1 Å². The summed E-state index contributed by atoms with van der Waals surface area (Å²) in [6.07, 6.45) is 0.352. The average Bonchev–Trinajstić information content (AvgIpc) is 3.16. The van der Waals surface area contributed by atoms with Gasteiger partial charge in [-0.2, -0.15) is 5.26 Å². The molecule has 2 heterocycles. The Labute approximate surface area is 135 Å². The molecule has 0 spiro atoms. The third kappa shape index (κ3) is 3.12. The van der Waals surface area contributed by atoms with Gasteiger partial charge in [-0.15, -0.1) is 5.10 Å². The van der Waals surface area contributed by atoms with Crippen molar-refractivity contribution < 1.29 is 18.8 Å². The number of imide groups is 1. The fraction of sp³-hybridized carbons (Fsp3) is 0.200. The van der Waals surface area contributed by atoms with E-state index in [4.69, 9.17) is 9.68 Å². The van der Waals surface area contributed by atoms with Gasteiger partial charge in [-0.05, 0) is 24.3 Å². The van der Waals surface area contributed by atoms with Crippen molar-refractivity contribution in [2.24, 2.45) is 0 Å². The lowest BCUT2D eigenvalue weighted by Crippen LogP contribution is -2.28. The number of aromatic nitrogens is 2. The zero-order chi connectivity index (χ0) is 17.1. The number of nitrogens with zero attached hydrogens (tertiary/aromatic N) is 4. The fourth-order valence-electron chi connectivity index (χ4n) is 2.17. The number of benzene rings is 1. The van der Waals surface area contributed by atoms with Crippen LogP contribution in [-0.4, -0.2) is 32.8 Å². The standard InChI is InChI=1S/C15H11N5O4/c16-7-9-1-3-10(4-2-9)14(23)17-15-19-18-11(24-15)8-20-12(21)5-6-13(20)22/h1-4H,5-6,8H2,(H,17,19,23). The summed E-state index contributed by atoms with van der Waals surface area (Å²) < 4.78 is 5.23. The summed E-state index contributed by atoms with van der Waals surface area (Å²) >= 11 is 0. The monoisotopic (exact) mass is 325 g/mol. The third-order valence-electron chi connectivity index (χ3n) is 3.41. The molecule has 0 unspecified atom stereocenters. The van der Waals surface area contributed by atoms with E-state index in [2.05, 4.69) is 15.5 Å². The maximum absolute atomic E-state index is 12.0. The Kier molecular flexibility index (Phi) is 4.03. The van der Waals surface area contributed by atoms with Crippen LogP contribution >= 0.6 is 0 Å². The Morgan fingerprint density at radius 1 is 1.21 bits per heavy atom. The SMILES string of the molecule is N#Cc1ccc(C(=O)Nc2nnc(CN3C(=O)CCC3=O)o2)cc1. The summed E-state index contributed by atoms with van der Waals surface area (Å²) in [5.74, 6) is -1.01. The highest BCUT2D eigenvalue weighted by atomic mass is 16.4. The Morgan fingerprint density at radius 3 is 2.50 bits per heavy atom. The summed E-state index contributed by atoms with van der Waals surface area (Å²) in [4.78, 5) is 36.1. The second-order valence-corrected chi connectivity index (χ2v) is 5.02. The maximum Gasteiger partial charge on any atom is 0.322 e. The molecule has 9 heteroatoms. The maximum atomic E-state index is 12.0. The molecule has 1 aromatic heterocycles. The van der Waals surface area contributed by atoms with Crippen molar-refractivity contribution in [1.29, 1.82) is 5.26 Å². The molecule has 0 radical (unpaired) electrons. The minimum absolute atomic E-state index is 0.0497. The van der Waals surface area contributed by atoms with Crippen LogP contribution in [0.3, 0.4) is 0 Å². The molecule has 9 nitrogen and oxygen atoms in total. The van der Waals surface area contributed by atoms with Gasteiger partial charge in [0.25, 0.3) is 5.91 Å². The van der Waals surface area contributed by atoms with Crippen molar-refractivity contribution in [2.75, 3.05) is 5.32 Å². The van der Waals surface area contributed by atoms with Crippen molar-refractivity contribution >= 4 is 23.7 Å². The minimum Gasteiger partial charge on any atom is -0.406 e. The van der Waals surface area contributed by atoms with Crippen LogP contribution in [-0.2, 0) is 16.1 Å². The molecule has 1 N–H and O–H groups in total. The first-order valence-corrected chi connectivity index (χ1v) is 7.04. The van der Waals surface area contributed by atoms with Gasteiger partial charge in [0, 0.05) is 18.4 Å². The number of amides is 3. The van der Waals surface area contributed by atoms with Gasteiger partial charge in [-0.3, -0.25) is 24.6 Å². The highest BCUT2D eigenvalue weighted by molar-refractivity contribution is 6.03. The lowest BCUT2D eigenvalue weighted by molar-refractivity contribution is -0.139. The number of hydrogen-bond donors (Lipinski definition) is 1. The van der Waals surface area contributed by atoms with Crippen molar-refractivity contribution in [2.45, 2.75) is 19.4 Å². The van der Waals surface area contributed by atoms with Crippen molar-refractivity contribution in [3.63, 3.8) is 0 Å². The minimum atomic E-state index is -0.483. The summed E-state index contributed by atoms with van der Waals surface area (Å²) in [5, 5.41) is 18.5. The lowest BCUT2D eigenvalue weighted by atomic mass is 10.1. The highest BCUT2D eigenvalue weighted by Gasteiger charge is 2.30. The van der Waals surface area contributed by atoms with Gasteiger partial charge in [-0.1, -0.05) is 5.10 Å². The number of rotatable bonds is 4. The molecule has 1 aliphatic heterocycles. The van der Waals surface area contributed by atoms with Crippen LogP contribution in [0.2, 0.25) is 0 Å². The largest absolute Gasteiger partial charge is 0.406 e. The highest BCUT2D eigenvalue weighted by Crippen LogP contribution is 2.16. The van der Waals surface area contributed by atoms with Crippen LogP contribution in [0.5, 0.6) is 0 Å². The first kappa shape index (κ1) is 15.4. The normalized spacial score (nSPS) is 13.9. The van der Waals surface area contributed by atoms with E-state index in [1.54, 1.807) is 0 Å². The average molecular weight is 325 g/mol. The molecule has 1 aliphatic rings. The number of nitrogens with one attached hydrogen (secondary N) is 1. The van der Waals surface area contributed by atoms with Crippen LogP contribution in [0.4, 0.5) is 6.01 Å². The van der Waals surface area contributed by atoms with Crippen LogP contribution < -0.4 is 5.32 Å². The van der Waals surface area contributed by atoms with Gasteiger partial charge in [0.2, 0.25) is 17.7 Å². The van der Waals surface area contributed by atoms with E-state index in [1.807, 2.05) is 6.07 Å². The third-order valence-corrected chi connectivity index (χ3v) is 3.41. The van der Waals surface area contributed by atoms with E-state index in [1.165, 1.54) is 24.3 Å². The van der Waals surface area contributed by atoms with Crippen molar-refractivity contribution in [3.05, 3.63) is 41.3 Å². The van der Waals surface area contributed by atoms with Crippen LogP contribution in [0, 0.1) is 11.3 Å². The van der Waals surface area contributed by atoms with Gasteiger partial charge < -0.3 is 4.42 Å². The summed E-state index contributed by atoms with van der Waals surface area (Å²) in [5.41, 5.74) is 0.755. The molecule has 3 amide bonds. The molecule has 0 saturated carbocycles. The van der Waals surface area contributed by atoms with E-state index in [9.17, 15) is 14.4 Å². The van der Waals surface area contributed by atoms with Gasteiger partial charge in [0.15, 0.2) is 0 Å². The molecule has 1 saturated heterocycles. The Hall–Kier alpha value is -3.54. The number of carbonyl (C=O) groups excluding carboxylic acids is 3. The number of hydrogen-bond acceptors (Lipinski definition) is 7. The van der Waals surface area contributed by atoms with Crippen LogP contribution in [0.15, 0.2) is 28.7 Å². The second-order valence-electron chi connectivity index (χ2n) is 5.02.